The Labute approximate surface area is 194 Å². The Morgan fingerprint density at radius 2 is 1.90 bits per heavy atom. The summed E-state index contributed by atoms with van der Waals surface area (Å²) in [6, 6.07) is 10.2. The molecular weight excluding hydrogens is 501 g/mol. The average Bonchev–Trinajstić information content (AvgIpc) is 3.33. The van der Waals surface area contributed by atoms with E-state index in [-0.39, 0.29) is 29.4 Å². The molecule has 6 nitrogen and oxygen atoms in total. The Kier molecular flexibility index (Phi) is 7.81. The van der Waals surface area contributed by atoms with E-state index in [9.17, 15) is 0 Å². The quantitative estimate of drug-likeness (QED) is 0.351. The van der Waals surface area contributed by atoms with Gasteiger partial charge in [0, 0.05) is 55.8 Å². The number of aromatic nitrogens is 1. The van der Waals surface area contributed by atoms with Gasteiger partial charge in [-0.1, -0.05) is 28.9 Å². The topological polar surface area (TPSA) is 56.9 Å². The molecule has 1 aromatic heterocycles. The van der Waals surface area contributed by atoms with Crippen molar-refractivity contribution in [2.45, 2.75) is 31.7 Å². The molecule has 0 spiro atoms. The third kappa shape index (κ3) is 5.64. The van der Waals surface area contributed by atoms with Crippen molar-refractivity contribution in [3.8, 4) is 0 Å². The van der Waals surface area contributed by atoms with Crippen LogP contribution in [0.3, 0.4) is 0 Å². The van der Waals surface area contributed by atoms with Gasteiger partial charge in [-0.15, -0.1) is 24.0 Å². The number of rotatable bonds is 6. The fraction of sp³-hybridized carbons (Fsp3) is 0.524. The van der Waals surface area contributed by atoms with Gasteiger partial charge in [-0.05, 0) is 37.5 Å². The maximum absolute atomic E-state index is 6.05. The minimum absolute atomic E-state index is 0. The second-order valence-corrected chi connectivity index (χ2v) is 8.15. The monoisotopic (exact) mass is 529 g/mol. The van der Waals surface area contributed by atoms with Crippen LogP contribution in [0.5, 0.6) is 0 Å². The number of aliphatic imine (C=N–C) groups is 1. The van der Waals surface area contributed by atoms with Gasteiger partial charge >= 0.3 is 0 Å². The van der Waals surface area contributed by atoms with Crippen LogP contribution in [0.15, 0.2) is 46.1 Å². The highest BCUT2D eigenvalue weighted by Gasteiger charge is 2.44. The maximum Gasteiger partial charge on any atom is 0.194 e. The molecule has 158 valence electrons. The lowest BCUT2D eigenvalue weighted by atomic mass is 9.96. The van der Waals surface area contributed by atoms with E-state index in [1.54, 1.807) is 6.26 Å². The van der Waals surface area contributed by atoms with E-state index in [4.69, 9.17) is 21.1 Å². The molecule has 0 radical (unpaired) electrons. The van der Waals surface area contributed by atoms with Gasteiger partial charge in [-0.25, -0.2) is 0 Å². The third-order valence-electron chi connectivity index (χ3n) is 5.73. The van der Waals surface area contributed by atoms with Crippen molar-refractivity contribution in [2.75, 3.05) is 39.3 Å². The van der Waals surface area contributed by atoms with Crippen molar-refractivity contribution in [1.82, 2.24) is 20.3 Å². The molecule has 4 rings (SSSR count). The fourth-order valence-electron chi connectivity index (χ4n) is 3.81. The molecule has 1 aliphatic heterocycles. The Morgan fingerprint density at radius 1 is 1.17 bits per heavy atom. The van der Waals surface area contributed by atoms with E-state index in [2.05, 4.69) is 39.3 Å². The molecule has 0 unspecified atom stereocenters. The SMILES string of the molecule is CCNC(=NCC1(c2ccc(Cl)cc2)CC1)N1CCN(Cc2ccon2)CC1.I. The number of hydrogen-bond acceptors (Lipinski definition) is 4. The number of benzene rings is 1. The van der Waals surface area contributed by atoms with E-state index in [0.717, 1.165) is 62.5 Å². The second kappa shape index (κ2) is 10.1. The zero-order chi connectivity index (χ0) is 19.4. The van der Waals surface area contributed by atoms with Gasteiger partial charge in [0.15, 0.2) is 5.96 Å². The summed E-state index contributed by atoms with van der Waals surface area (Å²) in [5.41, 5.74) is 2.54. The molecule has 0 amide bonds. The molecule has 1 aromatic carbocycles. The minimum atomic E-state index is 0. The van der Waals surface area contributed by atoms with E-state index < -0.39 is 0 Å². The maximum atomic E-state index is 6.05. The summed E-state index contributed by atoms with van der Waals surface area (Å²) in [4.78, 5) is 9.81. The molecule has 1 saturated carbocycles. The van der Waals surface area contributed by atoms with Gasteiger partial charge in [0.1, 0.15) is 6.26 Å². The lowest BCUT2D eigenvalue weighted by molar-refractivity contribution is 0.169. The average molecular weight is 530 g/mol. The zero-order valence-corrected chi connectivity index (χ0v) is 19.9. The summed E-state index contributed by atoms with van der Waals surface area (Å²) >= 11 is 6.05. The fourth-order valence-corrected chi connectivity index (χ4v) is 3.94. The van der Waals surface area contributed by atoms with Crippen LogP contribution in [0.2, 0.25) is 5.02 Å². The number of hydrogen-bond donors (Lipinski definition) is 1. The molecular formula is C21H29ClIN5O. The normalized spacial score (nSPS) is 19.0. The van der Waals surface area contributed by atoms with Crippen LogP contribution < -0.4 is 5.32 Å². The Bertz CT molecular complexity index is 784. The summed E-state index contributed by atoms with van der Waals surface area (Å²) in [5, 5.41) is 8.29. The van der Waals surface area contributed by atoms with Crippen molar-refractivity contribution in [3.63, 3.8) is 0 Å². The van der Waals surface area contributed by atoms with Crippen molar-refractivity contribution < 1.29 is 4.52 Å². The first-order chi connectivity index (χ1) is 13.7. The second-order valence-electron chi connectivity index (χ2n) is 7.71. The molecule has 2 heterocycles. The van der Waals surface area contributed by atoms with Gasteiger partial charge in [0.25, 0.3) is 0 Å². The van der Waals surface area contributed by atoms with E-state index >= 15 is 0 Å². The predicted molar refractivity (Wildman–Crippen MR) is 127 cm³/mol. The van der Waals surface area contributed by atoms with Crippen LogP contribution in [0.4, 0.5) is 0 Å². The number of nitrogens with zero attached hydrogens (tertiary/aromatic N) is 4. The smallest absolute Gasteiger partial charge is 0.194 e. The van der Waals surface area contributed by atoms with Crippen LogP contribution in [-0.2, 0) is 12.0 Å². The molecule has 1 N–H and O–H groups in total. The summed E-state index contributed by atoms with van der Waals surface area (Å²) in [6.07, 6.45) is 4.03. The van der Waals surface area contributed by atoms with Gasteiger partial charge in [0.05, 0.1) is 12.2 Å². The lowest BCUT2D eigenvalue weighted by Crippen LogP contribution is -2.52. The first-order valence-electron chi connectivity index (χ1n) is 10.1. The van der Waals surface area contributed by atoms with Crippen LogP contribution in [0, 0.1) is 0 Å². The van der Waals surface area contributed by atoms with Crippen LogP contribution >= 0.6 is 35.6 Å². The number of halogens is 2. The number of guanidine groups is 1. The lowest BCUT2D eigenvalue weighted by Gasteiger charge is -2.36. The molecule has 2 aliphatic rings. The molecule has 8 heteroatoms. The van der Waals surface area contributed by atoms with Crippen molar-refractivity contribution >= 4 is 41.5 Å². The summed E-state index contributed by atoms with van der Waals surface area (Å²) in [7, 11) is 0. The van der Waals surface area contributed by atoms with Gasteiger partial charge in [0.2, 0.25) is 0 Å². The Balaban J connectivity index is 0.00000240. The number of nitrogens with one attached hydrogen (secondary N) is 1. The first kappa shape index (κ1) is 22.4. The largest absolute Gasteiger partial charge is 0.364 e. The molecule has 29 heavy (non-hydrogen) atoms. The van der Waals surface area contributed by atoms with Crippen LogP contribution in [0.1, 0.15) is 31.0 Å². The molecule has 2 fully saturated rings. The summed E-state index contributed by atoms with van der Waals surface area (Å²) in [6.45, 7) is 8.62. The van der Waals surface area contributed by atoms with Crippen molar-refractivity contribution in [2.24, 2.45) is 4.99 Å². The first-order valence-corrected chi connectivity index (χ1v) is 10.5. The molecule has 1 saturated heterocycles. The van der Waals surface area contributed by atoms with E-state index in [0.29, 0.717) is 0 Å². The highest BCUT2D eigenvalue weighted by molar-refractivity contribution is 14.0. The Morgan fingerprint density at radius 3 is 2.48 bits per heavy atom. The third-order valence-corrected chi connectivity index (χ3v) is 5.98. The summed E-state index contributed by atoms with van der Waals surface area (Å²) < 4.78 is 4.94. The minimum Gasteiger partial charge on any atom is -0.364 e. The van der Waals surface area contributed by atoms with Crippen LogP contribution in [0.25, 0.3) is 0 Å². The van der Waals surface area contributed by atoms with Crippen molar-refractivity contribution in [3.05, 3.63) is 52.9 Å². The molecule has 0 bridgehead atoms. The van der Waals surface area contributed by atoms with Gasteiger partial charge in [-0.2, -0.15) is 0 Å². The molecule has 2 aromatic rings. The zero-order valence-electron chi connectivity index (χ0n) is 16.8. The highest BCUT2D eigenvalue weighted by Crippen LogP contribution is 2.48. The standard InChI is InChI=1S/C21H28ClN5O.HI/c1-2-23-20(24-16-21(8-9-21)17-3-5-18(22)6-4-17)27-12-10-26(11-13-27)15-19-7-14-28-25-19;/h3-7,14H,2,8-13,15-16H2,1H3,(H,23,24);1H. The van der Waals surface area contributed by atoms with Gasteiger partial charge < -0.3 is 14.7 Å². The Hall–Kier alpha value is -1.32. The van der Waals surface area contributed by atoms with Crippen LogP contribution in [-0.4, -0.2) is 60.2 Å². The van der Waals surface area contributed by atoms with Crippen molar-refractivity contribution in [1.29, 1.82) is 0 Å². The highest BCUT2D eigenvalue weighted by atomic mass is 127. The predicted octanol–water partition coefficient (Wildman–Crippen LogP) is 3.76. The van der Waals surface area contributed by atoms with E-state index in [1.807, 2.05) is 18.2 Å². The van der Waals surface area contributed by atoms with Gasteiger partial charge in [-0.3, -0.25) is 9.89 Å². The molecule has 0 atom stereocenters. The number of piperazine rings is 1. The molecule has 1 aliphatic carbocycles. The summed E-state index contributed by atoms with van der Waals surface area (Å²) in [5.74, 6) is 1.03. The van der Waals surface area contributed by atoms with E-state index in [1.165, 1.54) is 18.4 Å².